The highest BCUT2D eigenvalue weighted by molar-refractivity contribution is 7.15. The first-order chi connectivity index (χ1) is 15.5. The van der Waals surface area contributed by atoms with Gasteiger partial charge in [-0.3, -0.25) is 10.1 Å². The van der Waals surface area contributed by atoms with E-state index in [1.165, 1.54) is 59.5 Å². The number of nitrogens with zero attached hydrogens (tertiary/aromatic N) is 1. The number of carbonyl (C=O) groups excluding carboxylic acids is 2. The van der Waals surface area contributed by atoms with Crippen LogP contribution in [-0.2, 0) is 24.2 Å². The number of aromatic nitrogens is 1. The molecule has 0 spiro atoms. The quantitative estimate of drug-likeness (QED) is 0.371. The summed E-state index contributed by atoms with van der Waals surface area (Å²) in [6.07, 6.45) is 5.76. The summed E-state index contributed by atoms with van der Waals surface area (Å²) < 4.78 is 0. The predicted octanol–water partition coefficient (Wildman–Crippen LogP) is 4.79. The van der Waals surface area contributed by atoms with Crippen molar-refractivity contribution < 1.29 is 14.7 Å². The van der Waals surface area contributed by atoms with Gasteiger partial charge in [-0.2, -0.15) is 0 Å². The first-order valence-corrected chi connectivity index (χ1v) is 12.5. The molecule has 32 heavy (non-hydrogen) atoms. The van der Waals surface area contributed by atoms with Crippen LogP contribution in [0.1, 0.15) is 64.0 Å². The first-order valence-electron chi connectivity index (χ1n) is 10.8. The number of benzene rings is 1. The third-order valence-corrected chi connectivity index (χ3v) is 7.02. The molecule has 0 bridgehead atoms. The van der Waals surface area contributed by atoms with E-state index in [1.807, 2.05) is 6.07 Å². The molecule has 8 heteroatoms. The zero-order valence-corrected chi connectivity index (χ0v) is 20.0. The van der Waals surface area contributed by atoms with E-state index in [-0.39, 0.29) is 12.3 Å². The number of rotatable bonds is 12. The van der Waals surface area contributed by atoms with Gasteiger partial charge in [0.2, 0.25) is 0 Å². The minimum atomic E-state index is -1.19. The number of thiophene rings is 1. The molecule has 0 saturated carbocycles. The third-order valence-electron chi connectivity index (χ3n) is 5.13. The number of anilines is 2. The second-order valence-electron chi connectivity index (χ2n) is 7.68. The third kappa shape index (κ3) is 6.90. The fraction of sp³-hybridized carbons (Fsp3) is 0.375. The number of aryl methyl sites for hydroxylation is 1. The average Bonchev–Trinajstić information content (AvgIpc) is 3.40. The van der Waals surface area contributed by atoms with Gasteiger partial charge in [-0.15, -0.1) is 22.7 Å². The van der Waals surface area contributed by atoms with Crippen molar-refractivity contribution in [2.45, 2.75) is 58.9 Å². The normalized spacial score (nSPS) is 10.8. The van der Waals surface area contributed by atoms with Gasteiger partial charge in [0.1, 0.15) is 0 Å². The molecular weight excluding hydrogens is 442 g/mol. The van der Waals surface area contributed by atoms with E-state index in [0.717, 1.165) is 17.0 Å². The van der Waals surface area contributed by atoms with Crippen molar-refractivity contribution >= 4 is 45.4 Å². The van der Waals surface area contributed by atoms with Gasteiger partial charge >= 0.3 is 0 Å². The number of unbranched alkanes of at least 4 members (excludes halogenated alkanes) is 3. The molecular formula is C24H28N3O3S2-. The largest absolute Gasteiger partial charge is 0.550 e. The SMILES string of the molecule is CCCCCCc1c(C)cccc1NCc1ccc(C(=O)Nc2nc(CC(=O)[O-])cs2)s1. The summed E-state index contributed by atoms with van der Waals surface area (Å²) in [7, 11) is 0. The molecule has 1 aromatic carbocycles. The van der Waals surface area contributed by atoms with Gasteiger partial charge in [-0.05, 0) is 49.1 Å². The summed E-state index contributed by atoms with van der Waals surface area (Å²) in [4.78, 5) is 28.9. The number of thiazole rings is 1. The lowest BCUT2D eigenvalue weighted by Crippen LogP contribution is -2.24. The summed E-state index contributed by atoms with van der Waals surface area (Å²) >= 11 is 2.63. The number of hydrogen-bond donors (Lipinski definition) is 2. The Morgan fingerprint density at radius 3 is 2.75 bits per heavy atom. The highest BCUT2D eigenvalue weighted by atomic mass is 32.1. The Kier molecular flexibility index (Phi) is 8.81. The molecule has 0 aliphatic rings. The number of carboxylic acid groups (broad SMARTS) is 1. The van der Waals surface area contributed by atoms with Crippen LogP contribution >= 0.6 is 22.7 Å². The molecule has 3 rings (SSSR count). The molecule has 0 radical (unpaired) electrons. The molecule has 0 aliphatic heterocycles. The second kappa shape index (κ2) is 11.8. The Balaban J connectivity index is 1.57. The first kappa shape index (κ1) is 23.9. The van der Waals surface area contributed by atoms with E-state index in [9.17, 15) is 14.7 Å². The molecule has 1 amide bonds. The van der Waals surface area contributed by atoms with Gasteiger partial charge in [0.15, 0.2) is 5.13 Å². The van der Waals surface area contributed by atoms with Crippen molar-refractivity contribution in [1.29, 1.82) is 0 Å². The lowest BCUT2D eigenvalue weighted by molar-refractivity contribution is -0.304. The molecule has 2 N–H and O–H groups in total. The van der Waals surface area contributed by atoms with Crippen molar-refractivity contribution in [1.82, 2.24) is 4.98 Å². The zero-order valence-electron chi connectivity index (χ0n) is 18.4. The number of carbonyl (C=O) groups is 2. The Hall–Kier alpha value is -2.71. The van der Waals surface area contributed by atoms with Crippen molar-refractivity contribution in [3.8, 4) is 0 Å². The molecule has 3 aromatic rings. The van der Waals surface area contributed by atoms with Crippen LogP contribution < -0.4 is 15.7 Å². The monoisotopic (exact) mass is 470 g/mol. The lowest BCUT2D eigenvalue weighted by Gasteiger charge is -2.14. The lowest BCUT2D eigenvalue weighted by atomic mass is 9.99. The van der Waals surface area contributed by atoms with Crippen molar-refractivity contribution in [3.05, 3.63) is 62.3 Å². The number of nitrogens with one attached hydrogen (secondary N) is 2. The highest BCUT2D eigenvalue weighted by Crippen LogP contribution is 2.25. The molecule has 0 saturated heterocycles. The fourth-order valence-electron chi connectivity index (χ4n) is 3.46. The Morgan fingerprint density at radius 1 is 1.12 bits per heavy atom. The van der Waals surface area contributed by atoms with Crippen LogP contribution in [0.3, 0.4) is 0 Å². The van der Waals surface area contributed by atoms with Gasteiger partial charge < -0.3 is 15.2 Å². The van der Waals surface area contributed by atoms with Crippen molar-refractivity contribution in [2.75, 3.05) is 10.6 Å². The maximum Gasteiger partial charge on any atom is 0.267 e. The molecule has 2 heterocycles. The highest BCUT2D eigenvalue weighted by Gasteiger charge is 2.13. The predicted molar refractivity (Wildman–Crippen MR) is 129 cm³/mol. The van der Waals surface area contributed by atoms with Gasteiger partial charge in [0, 0.05) is 34.9 Å². The van der Waals surface area contributed by atoms with E-state index in [4.69, 9.17) is 0 Å². The summed E-state index contributed by atoms with van der Waals surface area (Å²) in [6.45, 7) is 5.03. The van der Waals surface area contributed by atoms with Gasteiger partial charge in [0.05, 0.1) is 10.6 Å². The van der Waals surface area contributed by atoms with Crippen LogP contribution in [0.2, 0.25) is 0 Å². The van der Waals surface area contributed by atoms with E-state index < -0.39 is 5.97 Å². The topological polar surface area (TPSA) is 94.2 Å². The van der Waals surface area contributed by atoms with Crippen LogP contribution in [0.5, 0.6) is 0 Å². The number of aliphatic carboxylic acids is 1. The minimum absolute atomic E-state index is 0.247. The molecule has 0 unspecified atom stereocenters. The van der Waals surface area contributed by atoms with E-state index in [1.54, 1.807) is 11.4 Å². The van der Waals surface area contributed by atoms with Crippen LogP contribution in [-0.4, -0.2) is 16.9 Å². The Bertz CT molecular complexity index is 1060. The van der Waals surface area contributed by atoms with Gasteiger partial charge in [-0.1, -0.05) is 38.3 Å². The maximum absolute atomic E-state index is 12.5. The van der Waals surface area contributed by atoms with E-state index in [0.29, 0.717) is 22.2 Å². The molecule has 0 fully saturated rings. The summed E-state index contributed by atoms with van der Waals surface area (Å²) in [5.74, 6) is -1.44. The molecule has 6 nitrogen and oxygen atoms in total. The van der Waals surface area contributed by atoms with Crippen LogP contribution in [0, 0.1) is 6.92 Å². The summed E-state index contributed by atoms with van der Waals surface area (Å²) in [5, 5.41) is 18.9. The minimum Gasteiger partial charge on any atom is -0.550 e. The number of hydrogen-bond acceptors (Lipinski definition) is 7. The molecule has 0 atom stereocenters. The van der Waals surface area contributed by atoms with E-state index >= 15 is 0 Å². The Labute approximate surface area is 196 Å². The molecule has 2 aromatic heterocycles. The smallest absolute Gasteiger partial charge is 0.267 e. The number of amides is 1. The fourth-order valence-corrected chi connectivity index (χ4v) is 5.01. The summed E-state index contributed by atoms with van der Waals surface area (Å²) in [5.41, 5.74) is 4.21. The van der Waals surface area contributed by atoms with Crippen molar-refractivity contribution in [2.24, 2.45) is 0 Å². The van der Waals surface area contributed by atoms with Crippen molar-refractivity contribution in [3.63, 3.8) is 0 Å². The van der Waals surface area contributed by atoms with Crippen LogP contribution in [0.4, 0.5) is 10.8 Å². The standard InChI is InChI=1S/C24H29N3O3S2/c1-3-4-5-6-9-19-16(2)8-7-10-20(19)25-14-18-11-12-21(32-18)23(30)27-24-26-17(15-31-24)13-22(28)29/h7-8,10-12,15,25H,3-6,9,13-14H2,1-2H3,(H,28,29)(H,26,27,30)/p-1. The molecule has 170 valence electrons. The van der Waals surface area contributed by atoms with Gasteiger partial charge in [0.25, 0.3) is 5.91 Å². The van der Waals surface area contributed by atoms with Crippen LogP contribution in [0.15, 0.2) is 35.7 Å². The van der Waals surface area contributed by atoms with Gasteiger partial charge in [-0.25, -0.2) is 4.98 Å². The Morgan fingerprint density at radius 2 is 1.97 bits per heavy atom. The van der Waals surface area contributed by atoms with E-state index in [2.05, 4.69) is 47.7 Å². The second-order valence-corrected chi connectivity index (χ2v) is 9.70. The maximum atomic E-state index is 12.5. The molecule has 0 aliphatic carbocycles. The zero-order chi connectivity index (χ0) is 22.9. The number of carboxylic acids is 1. The van der Waals surface area contributed by atoms with Crippen LogP contribution in [0.25, 0.3) is 0 Å². The summed E-state index contributed by atoms with van der Waals surface area (Å²) in [6, 6.07) is 10.1. The average molecular weight is 471 g/mol.